The summed E-state index contributed by atoms with van der Waals surface area (Å²) in [6, 6.07) is 0. The quantitative estimate of drug-likeness (QED) is 0.710. The van der Waals surface area contributed by atoms with Gasteiger partial charge in [-0.15, -0.1) is 0 Å². The van der Waals surface area contributed by atoms with Crippen LogP contribution in [0.2, 0.25) is 0 Å². The molecule has 19 heavy (non-hydrogen) atoms. The number of carbonyl (C=O) groups excluding carboxylic acids is 1. The Hall–Kier alpha value is -0.900. The summed E-state index contributed by atoms with van der Waals surface area (Å²) in [6.45, 7) is 2.15. The van der Waals surface area contributed by atoms with E-state index in [0.29, 0.717) is 18.3 Å². The third-order valence-electron chi connectivity index (χ3n) is 6.21. The molecule has 3 rings (SSSR count). The molecule has 6 atom stereocenters. The van der Waals surface area contributed by atoms with Crippen molar-refractivity contribution in [2.45, 2.75) is 51.6 Å². The van der Waals surface area contributed by atoms with E-state index in [9.17, 15) is 19.8 Å². The highest BCUT2D eigenvalue weighted by molar-refractivity contribution is 5.99. The third kappa shape index (κ3) is 1.76. The molecule has 0 aromatic carbocycles. The van der Waals surface area contributed by atoms with Gasteiger partial charge in [-0.1, -0.05) is 6.92 Å². The van der Waals surface area contributed by atoms with Crippen LogP contribution in [0.5, 0.6) is 0 Å². The van der Waals surface area contributed by atoms with Crippen LogP contribution in [-0.2, 0) is 9.59 Å². The summed E-state index contributed by atoms with van der Waals surface area (Å²) < 4.78 is 0. The molecule has 4 nitrogen and oxygen atoms in total. The van der Waals surface area contributed by atoms with Crippen LogP contribution in [0.1, 0.15) is 45.4 Å². The highest BCUT2D eigenvalue weighted by Crippen LogP contribution is 2.59. The largest absolute Gasteiger partial charge is 0.481 e. The van der Waals surface area contributed by atoms with Gasteiger partial charge in [0.05, 0.1) is 6.10 Å². The van der Waals surface area contributed by atoms with Crippen LogP contribution in [-0.4, -0.2) is 28.1 Å². The Kier molecular flexibility index (Phi) is 2.97. The van der Waals surface area contributed by atoms with Gasteiger partial charge in [0.15, 0.2) is 0 Å². The van der Waals surface area contributed by atoms with E-state index in [1.54, 1.807) is 0 Å². The number of hydrogen-bond acceptors (Lipinski definition) is 3. The Labute approximate surface area is 113 Å². The van der Waals surface area contributed by atoms with Crippen molar-refractivity contribution in [2.75, 3.05) is 0 Å². The topological polar surface area (TPSA) is 74.6 Å². The lowest BCUT2D eigenvalue weighted by Gasteiger charge is -2.50. The van der Waals surface area contributed by atoms with Crippen LogP contribution >= 0.6 is 0 Å². The summed E-state index contributed by atoms with van der Waals surface area (Å²) >= 11 is 0. The van der Waals surface area contributed by atoms with Crippen LogP contribution in [0.15, 0.2) is 0 Å². The maximum absolute atomic E-state index is 11.9. The summed E-state index contributed by atoms with van der Waals surface area (Å²) in [5.74, 6) is -1.10. The normalized spacial score (nSPS) is 49.6. The molecule has 0 aromatic heterocycles. The molecular weight excluding hydrogens is 244 g/mol. The fourth-order valence-corrected chi connectivity index (χ4v) is 5.14. The van der Waals surface area contributed by atoms with E-state index < -0.39 is 11.9 Å². The van der Waals surface area contributed by atoms with Crippen molar-refractivity contribution in [3.8, 4) is 0 Å². The lowest BCUT2D eigenvalue weighted by Crippen LogP contribution is -2.50. The number of ketones is 1. The number of aliphatic carboxylic acids is 1. The zero-order valence-electron chi connectivity index (χ0n) is 11.3. The minimum absolute atomic E-state index is 0.00197. The molecule has 3 fully saturated rings. The number of fused-ring (bicyclic) bond motifs is 3. The van der Waals surface area contributed by atoms with Crippen molar-refractivity contribution >= 4 is 11.8 Å². The standard InChI is InChI=1S/C15H22O4/c1-15-7-6-9-8(10(15)3-5-12(15)17)2-4-11(16)13(9)14(18)19/h8-10,12-13,17H,2-7H2,1H3,(H,18,19). The molecular formula is C15H22O4. The lowest BCUT2D eigenvalue weighted by molar-refractivity contribution is -0.156. The van der Waals surface area contributed by atoms with Crippen molar-refractivity contribution in [1.29, 1.82) is 0 Å². The summed E-state index contributed by atoms with van der Waals surface area (Å²) in [7, 11) is 0. The van der Waals surface area contributed by atoms with Crippen LogP contribution in [0.25, 0.3) is 0 Å². The van der Waals surface area contributed by atoms with Gasteiger partial charge in [-0.3, -0.25) is 9.59 Å². The SMILES string of the molecule is CC12CCC3C(C(=O)O)C(=O)CCC3C1CCC2O. The van der Waals surface area contributed by atoms with Crippen LogP contribution < -0.4 is 0 Å². The first-order valence-corrected chi connectivity index (χ1v) is 7.38. The van der Waals surface area contributed by atoms with Gasteiger partial charge in [-0.2, -0.15) is 0 Å². The van der Waals surface area contributed by atoms with Gasteiger partial charge in [0.25, 0.3) is 0 Å². The molecule has 6 unspecified atom stereocenters. The average molecular weight is 266 g/mol. The second kappa shape index (κ2) is 4.30. The molecule has 4 heteroatoms. The van der Waals surface area contributed by atoms with Crippen molar-refractivity contribution < 1.29 is 19.8 Å². The van der Waals surface area contributed by atoms with E-state index >= 15 is 0 Å². The van der Waals surface area contributed by atoms with Crippen LogP contribution in [0.4, 0.5) is 0 Å². The Balaban J connectivity index is 1.90. The molecule has 3 saturated carbocycles. The molecule has 3 aliphatic carbocycles. The van der Waals surface area contributed by atoms with Crippen molar-refractivity contribution in [3.63, 3.8) is 0 Å². The number of aliphatic hydroxyl groups excluding tert-OH is 1. The van der Waals surface area contributed by atoms with E-state index in [4.69, 9.17) is 0 Å². The zero-order chi connectivity index (χ0) is 13.8. The maximum atomic E-state index is 11.9. The predicted octanol–water partition coefficient (Wildman–Crippen LogP) is 1.85. The van der Waals surface area contributed by atoms with Gasteiger partial charge in [0, 0.05) is 6.42 Å². The molecule has 0 spiro atoms. The van der Waals surface area contributed by atoms with Gasteiger partial charge in [-0.05, 0) is 55.3 Å². The van der Waals surface area contributed by atoms with E-state index in [2.05, 4.69) is 6.92 Å². The molecule has 0 heterocycles. The van der Waals surface area contributed by atoms with Crippen molar-refractivity contribution in [2.24, 2.45) is 29.1 Å². The Morgan fingerprint density at radius 1 is 1.21 bits per heavy atom. The van der Waals surface area contributed by atoms with Crippen LogP contribution in [0.3, 0.4) is 0 Å². The molecule has 106 valence electrons. The van der Waals surface area contributed by atoms with Crippen molar-refractivity contribution in [1.82, 2.24) is 0 Å². The Morgan fingerprint density at radius 3 is 2.63 bits per heavy atom. The average Bonchev–Trinajstić information content (AvgIpc) is 2.65. The molecule has 2 N–H and O–H groups in total. The van der Waals surface area contributed by atoms with Gasteiger partial charge < -0.3 is 10.2 Å². The molecule has 3 aliphatic rings. The molecule has 0 saturated heterocycles. The van der Waals surface area contributed by atoms with Gasteiger partial charge in [0.2, 0.25) is 0 Å². The van der Waals surface area contributed by atoms with E-state index in [-0.39, 0.29) is 23.2 Å². The smallest absolute Gasteiger partial charge is 0.314 e. The second-order valence-corrected chi connectivity index (χ2v) is 6.89. The molecule has 0 aromatic rings. The number of hydrogen-bond donors (Lipinski definition) is 2. The van der Waals surface area contributed by atoms with Gasteiger partial charge in [0.1, 0.15) is 11.7 Å². The minimum Gasteiger partial charge on any atom is -0.481 e. The lowest BCUT2D eigenvalue weighted by atomic mass is 9.54. The highest BCUT2D eigenvalue weighted by atomic mass is 16.4. The summed E-state index contributed by atoms with van der Waals surface area (Å²) in [6.07, 6.45) is 4.42. The second-order valence-electron chi connectivity index (χ2n) is 6.89. The van der Waals surface area contributed by atoms with E-state index in [0.717, 1.165) is 32.1 Å². The molecule has 0 radical (unpaired) electrons. The minimum atomic E-state index is -0.943. The molecule has 0 aliphatic heterocycles. The Bertz CT molecular complexity index is 418. The van der Waals surface area contributed by atoms with Gasteiger partial charge in [-0.25, -0.2) is 0 Å². The number of rotatable bonds is 1. The fraction of sp³-hybridized carbons (Fsp3) is 0.867. The first kappa shape index (κ1) is 13.1. The van der Waals surface area contributed by atoms with Gasteiger partial charge >= 0.3 is 5.97 Å². The maximum Gasteiger partial charge on any atom is 0.314 e. The highest BCUT2D eigenvalue weighted by Gasteiger charge is 2.57. The first-order chi connectivity index (χ1) is 8.95. The Morgan fingerprint density at radius 2 is 1.95 bits per heavy atom. The summed E-state index contributed by atoms with van der Waals surface area (Å²) in [5.41, 5.74) is -0.0510. The van der Waals surface area contributed by atoms with Crippen molar-refractivity contribution in [3.05, 3.63) is 0 Å². The fourth-order valence-electron chi connectivity index (χ4n) is 5.14. The number of carbonyl (C=O) groups is 2. The number of carboxylic acids is 1. The summed E-state index contributed by atoms with van der Waals surface area (Å²) in [4.78, 5) is 23.3. The predicted molar refractivity (Wildman–Crippen MR) is 68.4 cm³/mol. The van der Waals surface area contributed by atoms with E-state index in [1.165, 1.54) is 0 Å². The number of Topliss-reactive ketones (excluding diaryl/α,β-unsaturated/α-hetero) is 1. The monoisotopic (exact) mass is 266 g/mol. The van der Waals surface area contributed by atoms with Crippen LogP contribution in [0, 0.1) is 29.1 Å². The summed E-state index contributed by atoms with van der Waals surface area (Å²) in [5, 5.41) is 19.6. The first-order valence-electron chi connectivity index (χ1n) is 7.38. The van der Waals surface area contributed by atoms with E-state index in [1.807, 2.05) is 0 Å². The number of aliphatic hydroxyl groups is 1. The zero-order valence-corrected chi connectivity index (χ0v) is 11.3. The third-order valence-corrected chi connectivity index (χ3v) is 6.21. The molecule has 0 amide bonds. The molecule has 0 bridgehead atoms. The number of carboxylic acid groups (broad SMARTS) is 1.